The van der Waals surface area contributed by atoms with E-state index < -0.39 is 0 Å². The predicted molar refractivity (Wildman–Crippen MR) is 241 cm³/mol. The molecule has 3 heteroatoms. The van der Waals surface area contributed by atoms with Gasteiger partial charge in [0, 0.05) is 38.9 Å². The second-order valence-electron chi connectivity index (χ2n) is 14.7. The minimum absolute atomic E-state index is 0.826. The summed E-state index contributed by atoms with van der Waals surface area (Å²) in [5.41, 5.74) is 15.0. The molecular formula is C54H40N2O. The summed E-state index contributed by atoms with van der Waals surface area (Å²) in [6, 6.07) is 73.9. The fourth-order valence-corrected chi connectivity index (χ4v) is 8.17. The molecule has 1 aromatic heterocycles. The molecule has 0 spiro atoms. The number of furan rings is 1. The Kier molecular flexibility index (Phi) is 8.61. The van der Waals surface area contributed by atoms with Crippen molar-refractivity contribution < 1.29 is 4.42 Å². The SMILES string of the molecule is Cc1ccc(N(c2cccc(-c3ccccc3)c2)c2c3ccccc3c(N(c3ccc(C)cc3)c3cccc(-c4ccccc4)c3)c3c2oc2ccccc23)cc1. The topological polar surface area (TPSA) is 19.6 Å². The summed E-state index contributed by atoms with van der Waals surface area (Å²) in [5.74, 6) is 0. The number of hydrogen-bond donors (Lipinski definition) is 0. The summed E-state index contributed by atoms with van der Waals surface area (Å²) in [7, 11) is 0. The molecule has 3 nitrogen and oxygen atoms in total. The summed E-state index contributed by atoms with van der Waals surface area (Å²) in [6.07, 6.45) is 0. The van der Waals surface area contributed by atoms with E-state index in [-0.39, 0.29) is 0 Å². The van der Waals surface area contributed by atoms with Crippen LogP contribution in [0.3, 0.4) is 0 Å². The Morgan fingerprint density at radius 3 is 1.28 bits per heavy atom. The maximum absolute atomic E-state index is 7.16. The molecule has 0 aliphatic carbocycles. The first-order chi connectivity index (χ1) is 28.1. The monoisotopic (exact) mass is 732 g/mol. The van der Waals surface area contributed by atoms with E-state index in [0.29, 0.717) is 0 Å². The number of anilines is 6. The average molecular weight is 733 g/mol. The number of fused-ring (bicyclic) bond motifs is 4. The van der Waals surface area contributed by atoms with Gasteiger partial charge in [-0.2, -0.15) is 0 Å². The van der Waals surface area contributed by atoms with E-state index in [4.69, 9.17) is 4.42 Å². The van der Waals surface area contributed by atoms with Crippen LogP contribution >= 0.6 is 0 Å². The Balaban J connectivity index is 1.32. The quantitative estimate of drug-likeness (QED) is 0.145. The van der Waals surface area contributed by atoms with Gasteiger partial charge in [0.05, 0.1) is 16.8 Å². The van der Waals surface area contributed by atoms with Crippen LogP contribution in [0.5, 0.6) is 0 Å². The van der Waals surface area contributed by atoms with E-state index in [2.05, 4.69) is 230 Å². The first-order valence-electron chi connectivity index (χ1n) is 19.5. The first-order valence-corrected chi connectivity index (χ1v) is 19.5. The molecule has 1 heterocycles. The fourth-order valence-electron chi connectivity index (χ4n) is 8.17. The molecule has 272 valence electrons. The van der Waals surface area contributed by atoms with Gasteiger partial charge in [-0.05, 0) is 90.7 Å². The smallest absolute Gasteiger partial charge is 0.162 e. The zero-order valence-corrected chi connectivity index (χ0v) is 31.9. The molecule has 0 bridgehead atoms. The molecule has 0 fully saturated rings. The Bertz CT molecular complexity index is 3020. The van der Waals surface area contributed by atoms with Crippen LogP contribution in [0.1, 0.15) is 11.1 Å². The highest BCUT2D eigenvalue weighted by molar-refractivity contribution is 6.28. The van der Waals surface area contributed by atoms with Gasteiger partial charge in [-0.1, -0.05) is 163 Å². The molecule has 0 radical (unpaired) electrons. The van der Waals surface area contributed by atoms with Crippen LogP contribution in [-0.4, -0.2) is 0 Å². The van der Waals surface area contributed by atoms with Crippen LogP contribution < -0.4 is 9.80 Å². The van der Waals surface area contributed by atoms with E-state index in [0.717, 1.165) is 78.0 Å². The van der Waals surface area contributed by atoms with Gasteiger partial charge >= 0.3 is 0 Å². The summed E-state index contributed by atoms with van der Waals surface area (Å²) < 4.78 is 7.16. The van der Waals surface area contributed by atoms with Crippen LogP contribution in [0.4, 0.5) is 34.1 Å². The van der Waals surface area contributed by atoms with Crippen molar-refractivity contribution in [2.45, 2.75) is 13.8 Å². The number of aryl methyl sites for hydroxylation is 2. The molecule has 0 amide bonds. The minimum Gasteiger partial charge on any atom is -0.454 e. The van der Waals surface area contributed by atoms with Gasteiger partial charge in [0.2, 0.25) is 0 Å². The fraction of sp³-hybridized carbons (Fsp3) is 0.0370. The Morgan fingerprint density at radius 2 is 0.754 bits per heavy atom. The number of benzene rings is 9. The molecule has 57 heavy (non-hydrogen) atoms. The third-order valence-electron chi connectivity index (χ3n) is 10.9. The molecule has 0 atom stereocenters. The van der Waals surface area contributed by atoms with Crippen molar-refractivity contribution in [3.05, 3.63) is 217 Å². The van der Waals surface area contributed by atoms with Crippen molar-refractivity contribution in [3.8, 4) is 22.3 Å². The summed E-state index contributed by atoms with van der Waals surface area (Å²) in [6.45, 7) is 4.28. The average Bonchev–Trinajstić information content (AvgIpc) is 3.66. The minimum atomic E-state index is 0.826. The second-order valence-corrected chi connectivity index (χ2v) is 14.7. The normalized spacial score (nSPS) is 11.3. The number of nitrogens with zero attached hydrogens (tertiary/aromatic N) is 2. The van der Waals surface area contributed by atoms with Crippen molar-refractivity contribution in [3.63, 3.8) is 0 Å². The lowest BCUT2D eigenvalue weighted by atomic mass is 9.97. The van der Waals surface area contributed by atoms with E-state index in [1.165, 1.54) is 22.3 Å². The van der Waals surface area contributed by atoms with E-state index >= 15 is 0 Å². The molecule has 0 unspecified atom stereocenters. The molecule has 0 saturated carbocycles. The van der Waals surface area contributed by atoms with Crippen LogP contribution in [-0.2, 0) is 0 Å². The zero-order chi connectivity index (χ0) is 38.3. The lowest BCUT2D eigenvalue weighted by Crippen LogP contribution is -2.14. The summed E-state index contributed by atoms with van der Waals surface area (Å²) >= 11 is 0. The molecule has 0 saturated heterocycles. The lowest BCUT2D eigenvalue weighted by Gasteiger charge is -2.31. The lowest BCUT2D eigenvalue weighted by molar-refractivity contribution is 0.669. The molecule has 0 aliphatic rings. The summed E-state index contributed by atoms with van der Waals surface area (Å²) in [5, 5.41) is 4.32. The van der Waals surface area contributed by atoms with Crippen molar-refractivity contribution in [2.24, 2.45) is 0 Å². The van der Waals surface area contributed by atoms with Crippen molar-refractivity contribution in [2.75, 3.05) is 9.80 Å². The number of hydrogen-bond acceptors (Lipinski definition) is 3. The van der Waals surface area contributed by atoms with Crippen LogP contribution in [0, 0.1) is 13.8 Å². The van der Waals surface area contributed by atoms with Crippen LogP contribution in [0.15, 0.2) is 211 Å². The van der Waals surface area contributed by atoms with Gasteiger partial charge in [-0.15, -0.1) is 0 Å². The number of rotatable bonds is 8. The molecule has 10 aromatic rings. The highest BCUT2D eigenvalue weighted by Gasteiger charge is 2.29. The Labute approximate surface area is 333 Å². The van der Waals surface area contributed by atoms with E-state index in [1.54, 1.807) is 0 Å². The molecular weight excluding hydrogens is 693 g/mol. The molecule has 0 N–H and O–H groups in total. The second kappa shape index (κ2) is 14.4. The first kappa shape index (κ1) is 34.2. The largest absolute Gasteiger partial charge is 0.454 e. The van der Waals surface area contributed by atoms with E-state index in [1.807, 2.05) is 0 Å². The third kappa shape index (κ3) is 6.20. The number of para-hydroxylation sites is 1. The Hall–Kier alpha value is -7.36. The zero-order valence-electron chi connectivity index (χ0n) is 31.9. The standard InChI is InChI=1S/C54H40N2O/c1-37-27-31-43(32-28-37)55(45-21-13-19-41(35-45)39-15-5-3-6-16-39)52-47-23-9-10-24-48(47)53(54-51(52)49-25-11-12-26-50(49)57-54)56(44-33-29-38(2)30-34-44)46-22-14-20-42(36-46)40-17-7-4-8-18-40/h3-36H,1-2H3. The van der Waals surface area contributed by atoms with Crippen LogP contribution in [0.25, 0.3) is 55.0 Å². The van der Waals surface area contributed by atoms with Crippen LogP contribution in [0.2, 0.25) is 0 Å². The van der Waals surface area contributed by atoms with Crippen molar-refractivity contribution in [1.82, 2.24) is 0 Å². The summed E-state index contributed by atoms with van der Waals surface area (Å²) in [4.78, 5) is 4.81. The van der Waals surface area contributed by atoms with Gasteiger partial charge in [-0.25, -0.2) is 0 Å². The maximum Gasteiger partial charge on any atom is 0.162 e. The molecule has 10 rings (SSSR count). The van der Waals surface area contributed by atoms with Crippen molar-refractivity contribution >= 4 is 66.8 Å². The molecule has 0 aliphatic heterocycles. The van der Waals surface area contributed by atoms with Crippen molar-refractivity contribution in [1.29, 1.82) is 0 Å². The van der Waals surface area contributed by atoms with Gasteiger partial charge in [0.25, 0.3) is 0 Å². The Morgan fingerprint density at radius 1 is 0.333 bits per heavy atom. The van der Waals surface area contributed by atoms with Gasteiger partial charge in [0.1, 0.15) is 5.58 Å². The van der Waals surface area contributed by atoms with E-state index in [9.17, 15) is 0 Å². The maximum atomic E-state index is 7.16. The molecule has 9 aromatic carbocycles. The van der Waals surface area contributed by atoms with Gasteiger partial charge in [0.15, 0.2) is 5.58 Å². The third-order valence-corrected chi connectivity index (χ3v) is 10.9. The van der Waals surface area contributed by atoms with Gasteiger partial charge < -0.3 is 14.2 Å². The predicted octanol–water partition coefficient (Wildman–Crippen LogP) is 15.6. The highest BCUT2D eigenvalue weighted by atomic mass is 16.3. The highest BCUT2D eigenvalue weighted by Crippen LogP contribution is 2.54. The van der Waals surface area contributed by atoms with Gasteiger partial charge in [-0.3, -0.25) is 0 Å².